The largest absolute Gasteiger partial charge is 0.320 e. The molecule has 0 unspecified atom stereocenters. The van der Waals surface area contributed by atoms with Crippen molar-refractivity contribution in [3.8, 4) is 0 Å². The molecule has 19 heavy (non-hydrogen) atoms. The number of piperidine rings is 1. The highest BCUT2D eigenvalue weighted by molar-refractivity contribution is 7.86. The smallest absolute Gasteiger partial charge is 0.281 e. The van der Waals surface area contributed by atoms with Crippen LogP contribution in [0.4, 0.5) is 0 Å². The monoisotopic (exact) mass is 291 g/mol. The molecule has 114 valence electrons. The van der Waals surface area contributed by atoms with E-state index < -0.39 is 10.2 Å². The van der Waals surface area contributed by atoms with Crippen molar-refractivity contribution >= 4 is 10.2 Å². The van der Waals surface area contributed by atoms with Crippen LogP contribution in [0.15, 0.2) is 0 Å². The van der Waals surface area contributed by atoms with Crippen molar-refractivity contribution in [2.75, 3.05) is 40.3 Å². The maximum Gasteiger partial charge on any atom is 0.281 e. The van der Waals surface area contributed by atoms with Crippen molar-refractivity contribution in [2.24, 2.45) is 11.8 Å². The van der Waals surface area contributed by atoms with Gasteiger partial charge in [-0.3, -0.25) is 0 Å². The highest BCUT2D eigenvalue weighted by Crippen LogP contribution is 2.26. The molecule has 0 aromatic carbocycles. The standard InChI is InChI=1S/C13H29N3O2S/c1-12(2)13-6-10-16(11-7-13)19(17,18)15(4)9-5-8-14-3/h12-14H,5-11H2,1-4H3. The number of hydrogen-bond donors (Lipinski definition) is 1. The van der Waals surface area contributed by atoms with Crippen LogP contribution in [0.2, 0.25) is 0 Å². The lowest BCUT2D eigenvalue weighted by atomic mass is 9.87. The minimum Gasteiger partial charge on any atom is -0.320 e. The van der Waals surface area contributed by atoms with Crippen molar-refractivity contribution in [1.29, 1.82) is 0 Å². The number of nitrogens with one attached hydrogen (secondary N) is 1. The van der Waals surface area contributed by atoms with Crippen LogP contribution in [0.1, 0.15) is 33.1 Å². The molecule has 0 bridgehead atoms. The van der Waals surface area contributed by atoms with E-state index in [9.17, 15) is 8.42 Å². The molecule has 0 aromatic rings. The predicted octanol–water partition coefficient (Wildman–Crippen LogP) is 1.14. The molecule has 5 nitrogen and oxygen atoms in total. The lowest BCUT2D eigenvalue weighted by molar-refractivity contribution is 0.218. The van der Waals surface area contributed by atoms with E-state index in [1.807, 2.05) is 7.05 Å². The molecule has 1 aliphatic heterocycles. The van der Waals surface area contributed by atoms with Gasteiger partial charge in [0, 0.05) is 26.7 Å². The van der Waals surface area contributed by atoms with Crippen LogP contribution in [0, 0.1) is 11.8 Å². The Hall–Kier alpha value is -0.170. The summed E-state index contributed by atoms with van der Waals surface area (Å²) in [6.45, 7) is 7.20. The average Bonchev–Trinajstić information content (AvgIpc) is 2.39. The zero-order valence-corrected chi connectivity index (χ0v) is 13.5. The lowest BCUT2D eigenvalue weighted by Crippen LogP contribution is -2.46. The quantitative estimate of drug-likeness (QED) is 0.716. The first-order valence-corrected chi connectivity index (χ1v) is 8.65. The van der Waals surface area contributed by atoms with Crippen molar-refractivity contribution in [2.45, 2.75) is 33.1 Å². The second-order valence-electron chi connectivity index (χ2n) is 5.77. The normalized spacial score (nSPS) is 19.5. The Morgan fingerprint density at radius 1 is 1.32 bits per heavy atom. The van der Waals surface area contributed by atoms with E-state index in [1.54, 1.807) is 11.4 Å². The summed E-state index contributed by atoms with van der Waals surface area (Å²) in [6, 6.07) is 0. The van der Waals surface area contributed by atoms with Crippen molar-refractivity contribution in [3.63, 3.8) is 0 Å². The van der Waals surface area contributed by atoms with Crippen LogP contribution in [0.3, 0.4) is 0 Å². The Labute approximate surface area is 118 Å². The number of rotatable bonds is 7. The van der Waals surface area contributed by atoms with Crippen molar-refractivity contribution in [1.82, 2.24) is 13.9 Å². The molecule has 6 heteroatoms. The topological polar surface area (TPSA) is 52.7 Å². The van der Waals surface area contributed by atoms with Gasteiger partial charge in [-0.2, -0.15) is 17.0 Å². The molecule has 0 aliphatic carbocycles. The van der Waals surface area contributed by atoms with Crippen molar-refractivity contribution < 1.29 is 8.42 Å². The van der Waals surface area contributed by atoms with Gasteiger partial charge in [0.05, 0.1) is 0 Å². The molecule has 1 saturated heterocycles. The van der Waals surface area contributed by atoms with Crippen LogP contribution in [-0.4, -0.2) is 57.3 Å². The first kappa shape index (κ1) is 16.9. The molecule has 1 aliphatic rings. The fourth-order valence-electron chi connectivity index (χ4n) is 2.56. The van der Waals surface area contributed by atoms with E-state index >= 15 is 0 Å². The number of nitrogens with zero attached hydrogens (tertiary/aromatic N) is 2. The van der Waals surface area contributed by atoms with Crippen LogP contribution in [-0.2, 0) is 10.2 Å². The minimum atomic E-state index is -3.25. The van der Waals surface area contributed by atoms with Gasteiger partial charge in [-0.25, -0.2) is 0 Å². The van der Waals surface area contributed by atoms with Gasteiger partial charge in [0.15, 0.2) is 0 Å². The Kier molecular flexibility index (Phi) is 6.73. The summed E-state index contributed by atoms with van der Waals surface area (Å²) >= 11 is 0. The molecular formula is C13H29N3O2S. The van der Waals surface area contributed by atoms with E-state index in [0.717, 1.165) is 25.8 Å². The summed E-state index contributed by atoms with van der Waals surface area (Å²) in [4.78, 5) is 0. The van der Waals surface area contributed by atoms with Gasteiger partial charge in [0.1, 0.15) is 0 Å². The van der Waals surface area contributed by atoms with Gasteiger partial charge in [-0.15, -0.1) is 0 Å². The summed E-state index contributed by atoms with van der Waals surface area (Å²) in [5.41, 5.74) is 0. The van der Waals surface area contributed by atoms with Gasteiger partial charge >= 0.3 is 0 Å². The van der Waals surface area contributed by atoms with Crippen LogP contribution >= 0.6 is 0 Å². The molecule has 0 atom stereocenters. The Balaban J connectivity index is 2.50. The predicted molar refractivity (Wildman–Crippen MR) is 79.2 cm³/mol. The maximum atomic E-state index is 12.4. The van der Waals surface area contributed by atoms with Crippen LogP contribution < -0.4 is 5.32 Å². The summed E-state index contributed by atoms with van der Waals surface area (Å²) < 4.78 is 27.9. The molecule has 0 spiro atoms. The second-order valence-corrected chi connectivity index (χ2v) is 7.80. The molecule has 0 aromatic heterocycles. The van der Waals surface area contributed by atoms with Gasteiger partial charge in [0.2, 0.25) is 0 Å². The summed E-state index contributed by atoms with van der Waals surface area (Å²) in [5, 5.41) is 3.04. The molecule has 0 saturated carbocycles. The Morgan fingerprint density at radius 3 is 2.37 bits per heavy atom. The molecule has 0 amide bonds. The molecule has 1 rings (SSSR count). The van der Waals surface area contributed by atoms with Crippen LogP contribution in [0.25, 0.3) is 0 Å². The third-order valence-corrected chi connectivity index (χ3v) is 6.05. The van der Waals surface area contributed by atoms with Crippen LogP contribution in [0.5, 0.6) is 0 Å². The van der Waals surface area contributed by atoms with E-state index in [2.05, 4.69) is 19.2 Å². The fourth-order valence-corrected chi connectivity index (χ4v) is 3.99. The molecule has 1 fully saturated rings. The van der Waals surface area contributed by atoms with Gasteiger partial charge < -0.3 is 5.32 Å². The molecule has 1 N–H and O–H groups in total. The SMILES string of the molecule is CNCCCN(C)S(=O)(=O)N1CCC(C(C)C)CC1. The van der Waals surface area contributed by atoms with Gasteiger partial charge in [-0.1, -0.05) is 13.8 Å². The van der Waals surface area contributed by atoms with Crippen molar-refractivity contribution in [3.05, 3.63) is 0 Å². The maximum absolute atomic E-state index is 12.4. The van der Waals surface area contributed by atoms with Gasteiger partial charge in [0.25, 0.3) is 10.2 Å². The Morgan fingerprint density at radius 2 is 1.89 bits per heavy atom. The van der Waals surface area contributed by atoms with Gasteiger partial charge in [-0.05, 0) is 44.7 Å². The van der Waals surface area contributed by atoms with E-state index in [0.29, 0.717) is 31.5 Å². The zero-order valence-electron chi connectivity index (χ0n) is 12.7. The highest BCUT2D eigenvalue weighted by atomic mass is 32.2. The first-order valence-electron chi connectivity index (χ1n) is 7.25. The third-order valence-electron chi connectivity index (χ3n) is 4.06. The molecule has 0 radical (unpaired) electrons. The molecular weight excluding hydrogens is 262 g/mol. The molecule has 1 heterocycles. The highest BCUT2D eigenvalue weighted by Gasteiger charge is 2.31. The minimum absolute atomic E-state index is 0.577. The third kappa shape index (κ3) is 4.70. The fraction of sp³-hybridized carbons (Fsp3) is 1.00. The summed E-state index contributed by atoms with van der Waals surface area (Å²) in [6.07, 6.45) is 2.82. The Bertz CT molecular complexity index is 349. The number of hydrogen-bond acceptors (Lipinski definition) is 3. The van der Waals surface area contributed by atoms with E-state index in [1.165, 1.54) is 4.31 Å². The van der Waals surface area contributed by atoms with E-state index in [-0.39, 0.29) is 0 Å². The lowest BCUT2D eigenvalue weighted by Gasteiger charge is -2.35. The summed E-state index contributed by atoms with van der Waals surface area (Å²) in [7, 11) is 0.307. The second kappa shape index (κ2) is 7.57. The zero-order chi connectivity index (χ0) is 14.5. The summed E-state index contributed by atoms with van der Waals surface area (Å²) in [5.74, 6) is 1.32. The van der Waals surface area contributed by atoms with E-state index in [4.69, 9.17) is 0 Å². The first-order chi connectivity index (χ1) is 8.89. The average molecular weight is 291 g/mol.